The van der Waals surface area contributed by atoms with Gasteiger partial charge < -0.3 is 14.4 Å². The number of carbonyl (C=O) groups excluding carboxylic acids is 1. The van der Waals surface area contributed by atoms with Crippen molar-refractivity contribution in [2.45, 2.75) is 6.10 Å². The molecule has 1 amide bonds. The molecular weight excluding hydrogens is 316 g/mol. The molecule has 0 aromatic heterocycles. The molecule has 0 spiro atoms. The van der Waals surface area contributed by atoms with Gasteiger partial charge in [0.1, 0.15) is 11.9 Å². The van der Waals surface area contributed by atoms with Gasteiger partial charge in [0, 0.05) is 12.1 Å². The average Bonchev–Trinajstić information content (AvgIpc) is 2.61. The number of nitrogens with zero attached hydrogens (tertiary/aromatic N) is 1. The lowest BCUT2D eigenvalue weighted by Crippen LogP contribution is -2.44. The molecule has 2 aromatic rings. The Hall–Kier alpha value is -2.47. The van der Waals surface area contributed by atoms with Crippen LogP contribution < -0.4 is 4.74 Å². The van der Waals surface area contributed by atoms with Crippen molar-refractivity contribution >= 4 is 5.91 Å². The summed E-state index contributed by atoms with van der Waals surface area (Å²) in [6, 6.07) is 12.2. The van der Waals surface area contributed by atoms with Gasteiger partial charge in [0.2, 0.25) is 0 Å². The molecule has 1 fully saturated rings. The Morgan fingerprint density at radius 3 is 2.58 bits per heavy atom. The second kappa shape index (κ2) is 7.40. The van der Waals surface area contributed by atoms with E-state index >= 15 is 0 Å². The van der Waals surface area contributed by atoms with Crippen LogP contribution in [0.25, 0.3) is 0 Å². The Balaban J connectivity index is 1.61. The van der Waals surface area contributed by atoms with Crippen LogP contribution in [0.5, 0.6) is 5.75 Å². The van der Waals surface area contributed by atoms with E-state index in [0.717, 1.165) is 0 Å². The highest BCUT2D eigenvalue weighted by Crippen LogP contribution is 2.24. The predicted molar refractivity (Wildman–Crippen MR) is 83.6 cm³/mol. The van der Waals surface area contributed by atoms with Crippen molar-refractivity contribution in [2.24, 2.45) is 0 Å². The zero-order valence-corrected chi connectivity index (χ0v) is 13.0. The number of para-hydroxylation sites is 1. The minimum atomic E-state index is -0.517. The summed E-state index contributed by atoms with van der Waals surface area (Å²) >= 11 is 0. The van der Waals surface area contributed by atoms with Crippen molar-refractivity contribution in [3.63, 3.8) is 0 Å². The molecule has 1 aliphatic rings. The molecule has 0 radical (unpaired) electrons. The van der Waals surface area contributed by atoms with Gasteiger partial charge in [-0.1, -0.05) is 30.3 Å². The van der Waals surface area contributed by atoms with Crippen LogP contribution in [0.3, 0.4) is 0 Å². The predicted octanol–water partition coefficient (Wildman–Crippen LogP) is 2.94. The van der Waals surface area contributed by atoms with Crippen LogP contribution in [0.2, 0.25) is 0 Å². The summed E-state index contributed by atoms with van der Waals surface area (Å²) in [6.07, 6.45) is -0.516. The van der Waals surface area contributed by atoms with E-state index in [1.807, 2.05) is 0 Å². The molecule has 1 atom stereocenters. The van der Waals surface area contributed by atoms with Crippen molar-refractivity contribution in [1.29, 1.82) is 0 Å². The SMILES string of the molecule is O=C(COc1ccccc1F)N1CCOC(c2ccccc2F)C1. The standard InChI is InChI=1S/C18H17F2NO3/c19-14-6-2-1-5-13(14)17-11-21(9-10-23-17)18(22)12-24-16-8-4-3-7-15(16)20/h1-8,17H,9-12H2. The summed E-state index contributed by atoms with van der Waals surface area (Å²) in [5.74, 6) is -1.14. The molecule has 6 heteroatoms. The fourth-order valence-corrected chi connectivity index (χ4v) is 2.59. The number of amides is 1. The highest BCUT2D eigenvalue weighted by atomic mass is 19.1. The molecule has 1 saturated heterocycles. The molecule has 0 N–H and O–H groups in total. The van der Waals surface area contributed by atoms with Gasteiger partial charge in [0.25, 0.3) is 5.91 Å². The smallest absolute Gasteiger partial charge is 0.260 e. The second-order valence-corrected chi connectivity index (χ2v) is 5.44. The van der Waals surface area contributed by atoms with Crippen molar-refractivity contribution in [3.8, 4) is 5.75 Å². The Kier molecular flexibility index (Phi) is 5.05. The van der Waals surface area contributed by atoms with E-state index in [-0.39, 0.29) is 30.6 Å². The van der Waals surface area contributed by atoms with Gasteiger partial charge in [0.05, 0.1) is 13.2 Å². The Labute approximate surface area is 138 Å². The quantitative estimate of drug-likeness (QED) is 0.863. The molecule has 0 bridgehead atoms. The van der Waals surface area contributed by atoms with E-state index < -0.39 is 11.9 Å². The summed E-state index contributed by atoms with van der Waals surface area (Å²) in [5, 5.41) is 0. The first kappa shape index (κ1) is 16.4. The van der Waals surface area contributed by atoms with Gasteiger partial charge in [-0.15, -0.1) is 0 Å². The molecule has 1 aliphatic heterocycles. The van der Waals surface area contributed by atoms with Crippen molar-refractivity contribution in [1.82, 2.24) is 4.90 Å². The van der Waals surface area contributed by atoms with E-state index in [2.05, 4.69) is 0 Å². The largest absolute Gasteiger partial charge is 0.481 e. The number of carbonyl (C=O) groups is 1. The zero-order valence-electron chi connectivity index (χ0n) is 13.0. The first-order chi connectivity index (χ1) is 11.6. The van der Waals surface area contributed by atoms with E-state index in [1.54, 1.807) is 35.2 Å². The molecular formula is C18H17F2NO3. The van der Waals surface area contributed by atoms with Crippen molar-refractivity contribution in [3.05, 3.63) is 65.7 Å². The van der Waals surface area contributed by atoms with E-state index in [4.69, 9.17) is 9.47 Å². The lowest BCUT2D eigenvalue weighted by Gasteiger charge is -2.33. The average molecular weight is 333 g/mol. The zero-order chi connectivity index (χ0) is 16.9. The van der Waals surface area contributed by atoms with Gasteiger partial charge in [0.15, 0.2) is 18.2 Å². The number of morpholine rings is 1. The van der Waals surface area contributed by atoms with Crippen LogP contribution in [0.4, 0.5) is 8.78 Å². The van der Waals surface area contributed by atoms with E-state index in [0.29, 0.717) is 18.7 Å². The van der Waals surface area contributed by atoms with E-state index in [1.165, 1.54) is 18.2 Å². The maximum Gasteiger partial charge on any atom is 0.260 e. The van der Waals surface area contributed by atoms with Gasteiger partial charge in [-0.25, -0.2) is 8.78 Å². The summed E-state index contributed by atoms with van der Waals surface area (Å²) in [6.45, 7) is 0.667. The molecule has 1 unspecified atom stereocenters. The Morgan fingerprint density at radius 2 is 1.83 bits per heavy atom. The third-order valence-corrected chi connectivity index (χ3v) is 3.86. The molecule has 1 heterocycles. The normalized spacial score (nSPS) is 17.6. The molecule has 2 aromatic carbocycles. The summed E-state index contributed by atoms with van der Waals surface area (Å²) in [7, 11) is 0. The minimum absolute atomic E-state index is 0.0322. The van der Waals surface area contributed by atoms with Gasteiger partial charge in [-0.2, -0.15) is 0 Å². The van der Waals surface area contributed by atoms with Gasteiger partial charge >= 0.3 is 0 Å². The van der Waals surface area contributed by atoms with Crippen LogP contribution in [0.1, 0.15) is 11.7 Å². The molecule has 4 nitrogen and oxygen atoms in total. The van der Waals surface area contributed by atoms with Crippen LogP contribution in [0, 0.1) is 11.6 Å². The summed E-state index contributed by atoms with van der Waals surface area (Å²) in [4.78, 5) is 13.8. The third kappa shape index (κ3) is 3.71. The van der Waals surface area contributed by atoms with Gasteiger partial charge in [-0.05, 0) is 18.2 Å². The number of hydrogen-bond acceptors (Lipinski definition) is 3. The summed E-state index contributed by atoms with van der Waals surface area (Å²) < 4.78 is 38.2. The number of halogens is 2. The lowest BCUT2D eigenvalue weighted by molar-refractivity contribution is -0.141. The fourth-order valence-electron chi connectivity index (χ4n) is 2.59. The number of ether oxygens (including phenoxy) is 2. The maximum atomic E-state index is 13.9. The molecule has 126 valence electrons. The van der Waals surface area contributed by atoms with Crippen LogP contribution in [-0.2, 0) is 9.53 Å². The monoisotopic (exact) mass is 333 g/mol. The van der Waals surface area contributed by atoms with Crippen LogP contribution in [-0.4, -0.2) is 37.1 Å². The van der Waals surface area contributed by atoms with Crippen molar-refractivity contribution < 1.29 is 23.0 Å². The fraction of sp³-hybridized carbons (Fsp3) is 0.278. The van der Waals surface area contributed by atoms with E-state index in [9.17, 15) is 13.6 Å². The van der Waals surface area contributed by atoms with Gasteiger partial charge in [-0.3, -0.25) is 4.79 Å². The maximum absolute atomic E-state index is 13.9. The van der Waals surface area contributed by atoms with Crippen LogP contribution >= 0.6 is 0 Å². The van der Waals surface area contributed by atoms with Crippen molar-refractivity contribution in [2.75, 3.05) is 26.3 Å². The topological polar surface area (TPSA) is 38.8 Å². The Bertz CT molecular complexity index is 723. The highest BCUT2D eigenvalue weighted by molar-refractivity contribution is 5.78. The first-order valence-electron chi connectivity index (χ1n) is 7.66. The van der Waals surface area contributed by atoms with Crippen LogP contribution in [0.15, 0.2) is 48.5 Å². The molecule has 0 aliphatic carbocycles. The number of benzene rings is 2. The first-order valence-corrected chi connectivity index (χ1v) is 7.66. The highest BCUT2D eigenvalue weighted by Gasteiger charge is 2.27. The molecule has 3 rings (SSSR count). The molecule has 24 heavy (non-hydrogen) atoms. The number of rotatable bonds is 4. The number of hydrogen-bond donors (Lipinski definition) is 0. The molecule has 0 saturated carbocycles. The minimum Gasteiger partial charge on any atom is -0.481 e. The second-order valence-electron chi connectivity index (χ2n) is 5.44. The lowest BCUT2D eigenvalue weighted by atomic mass is 10.1. The Morgan fingerprint density at radius 1 is 1.12 bits per heavy atom. The summed E-state index contributed by atoms with van der Waals surface area (Å²) in [5.41, 5.74) is 0.421. The third-order valence-electron chi connectivity index (χ3n) is 3.86.